The maximum atomic E-state index is 12.1. The number of rotatable bonds is 4. The summed E-state index contributed by atoms with van der Waals surface area (Å²) in [5, 5.41) is 1.41. The topological polar surface area (TPSA) is 72.0 Å². The van der Waals surface area contributed by atoms with Gasteiger partial charge in [-0.2, -0.15) is 0 Å². The molecule has 26 heavy (non-hydrogen) atoms. The number of nitrogens with zero attached hydrogens (tertiary/aromatic N) is 1. The highest BCUT2D eigenvalue weighted by atomic mass is 35.5. The molecule has 0 spiro atoms. The van der Waals surface area contributed by atoms with Crippen molar-refractivity contribution < 1.29 is 9.53 Å². The number of aromatic nitrogens is 2. The highest BCUT2D eigenvalue weighted by Gasteiger charge is 2.14. The fraction of sp³-hybridized carbons (Fsp3) is 0.105. The predicted molar refractivity (Wildman–Crippen MR) is 102 cm³/mol. The van der Waals surface area contributed by atoms with Gasteiger partial charge in [0, 0.05) is 16.1 Å². The molecule has 7 heteroatoms. The smallest absolute Gasteiger partial charge is 0.331 e. The molecule has 0 amide bonds. The Morgan fingerprint density at radius 1 is 1.23 bits per heavy atom. The Morgan fingerprint density at radius 2 is 2.00 bits per heavy atom. The standard InChI is InChI=1S/C19H14Cl2N2O3/c1-11(18-22-16-5-3-2-4-14(16)19(25)23-18)26-17(24)9-7-12-6-8-13(20)10-15(12)21/h2-11H,1H3,(H,22,23,25)/b9-7+/t11-/m1/s1. The molecule has 0 aliphatic heterocycles. The van der Waals surface area contributed by atoms with Crippen molar-refractivity contribution in [3.05, 3.63) is 80.3 Å². The van der Waals surface area contributed by atoms with Gasteiger partial charge < -0.3 is 9.72 Å². The van der Waals surface area contributed by atoms with E-state index in [1.165, 1.54) is 12.2 Å². The van der Waals surface area contributed by atoms with E-state index in [2.05, 4.69) is 9.97 Å². The van der Waals surface area contributed by atoms with E-state index in [1.807, 2.05) is 0 Å². The zero-order chi connectivity index (χ0) is 18.7. The minimum Gasteiger partial charge on any atom is -0.451 e. The van der Waals surface area contributed by atoms with E-state index in [-0.39, 0.29) is 11.4 Å². The van der Waals surface area contributed by atoms with Crippen LogP contribution in [0, 0.1) is 0 Å². The van der Waals surface area contributed by atoms with Crippen molar-refractivity contribution in [1.29, 1.82) is 0 Å². The summed E-state index contributed by atoms with van der Waals surface area (Å²) in [5.74, 6) is -0.306. The number of aromatic amines is 1. The highest BCUT2D eigenvalue weighted by Crippen LogP contribution is 2.22. The van der Waals surface area contributed by atoms with E-state index in [0.717, 1.165) is 0 Å². The first-order chi connectivity index (χ1) is 12.4. The summed E-state index contributed by atoms with van der Waals surface area (Å²) in [6, 6.07) is 11.9. The van der Waals surface area contributed by atoms with Crippen LogP contribution in [-0.2, 0) is 9.53 Å². The van der Waals surface area contributed by atoms with E-state index >= 15 is 0 Å². The number of fused-ring (bicyclic) bond motifs is 1. The van der Waals surface area contributed by atoms with Gasteiger partial charge in [-0.3, -0.25) is 4.79 Å². The van der Waals surface area contributed by atoms with Crippen LogP contribution in [0.3, 0.4) is 0 Å². The lowest BCUT2D eigenvalue weighted by molar-refractivity contribution is -0.142. The van der Waals surface area contributed by atoms with Gasteiger partial charge in [-0.1, -0.05) is 41.4 Å². The predicted octanol–water partition coefficient (Wildman–Crippen LogP) is 4.55. The van der Waals surface area contributed by atoms with Gasteiger partial charge in [0.05, 0.1) is 10.9 Å². The monoisotopic (exact) mass is 388 g/mol. The molecular weight excluding hydrogens is 375 g/mol. The van der Waals surface area contributed by atoms with Gasteiger partial charge in [0.1, 0.15) is 0 Å². The minimum atomic E-state index is -0.717. The number of hydrogen-bond acceptors (Lipinski definition) is 4. The van der Waals surface area contributed by atoms with Crippen LogP contribution >= 0.6 is 23.2 Å². The number of carbonyl (C=O) groups excluding carboxylic acids is 1. The lowest BCUT2D eigenvalue weighted by atomic mass is 10.2. The van der Waals surface area contributed by atoms with Gasteiger partial charge in [-0.15, -0.1) is 0 Å². The SMILES string of the molecule is C[C@@H](OC(=O)/C=C/c1ccc(Cl)cc1Cl)c1nc2ccccc2c(=O)[nH]1. The molecule has 3 rings (SSSR count). The summed E-state index contributed by atoms with van der Waals surface area (Å²) in [6.45, 7) is 1.63. The molecular formula is C19H14Cl2N2O3. The van der Waals surface area contributed by atoms with Crippen LogP contribution in [0.1, 0.15) is 24.4 Å². The Bertz CT molecular complexity index is 1060. The van der Waals surface area contributed by atoms with Crippen molar-refractivity contribution >= 4 is 46.2 Å². The number of benzene rings is 2. The number of nitrogens with one attached hydrogen (secondary N) is 1. The first-order valence-corrected chi connectivity index (χ1v) is 8.52. The molecule has 0 unspecified atom stereocenters. The van der Waals surface area contributed by atoms with E-state index in [4.69, 9.17) is 27.9 Å². The fourth-order valence-electron chi connectivity index (χ4n) is 2.36. The highest BCUT2D eigenvalue weighted by molar-refractivity contribution is 6.35. The van der Waals surface area contributed by atoms with Crippen LogP contribution < -0.4 is 5.56 Å². The van der Waals surface area contributed by atoms with Crippen molar-refractivity contribution in [2.45, 2.75) is 13.0 Å². The van der Waals surface area contributed by atoms with E-state index in [1.54, 1.807) is 49.4 Å². The summed E-state index contributed by atoms with van der Waals surface area (Å²) in [7, 11) is 0. The lowest BCUT2D eigenvalue weighted by Gasteiger charge is -2.11. The third-order valence-electron chi connectivity index (χ3n) is 3.67. The van der Waals surface area contributed by atoms with Gasteiger partial charge in [-0.25, -0.2) is 9.78 Å². The van der Waals surface area contributed by atoms with Crippen LogP contribution in [0.4, 0.5) is 0 Å². The maximum absolute atomic E-state index is 12.1. The number of esters is 1. The van der Waals surface area contributed by atoms with Gasteiger partial charge in [0.2, 0.25) is 0 Å². The number of H-pyrrole nitrogens is 1. The number of hydrogen-bond donors (Lipinski definition) is 1. The molecule has 0 aliphatic rings. The summed E-state index contributed by atoms with van der Waals surface area (Å²) < 4.78 is 5.30. The average Bonchev–Trinajstić information content (AvgIpc) is 2.61. The van der Waals surface area contributed by atoms with Crippen LogP contribution in [0.15, 0.2) is 53.3 Å². The number of ether oxygens (including phenoxy) is 1. The molecule has 1 atom stereocenters. The zero-order valence-corrected chi connectivity index (χ0v) is 15.2. The fourth-order valence-corrected chi connectivity index (χ4v) is 2.83. The Hall–Kier alpha value is -2.63. The quantitative estimate of drug-likeness (QED) is 0.525. The van der Waals surface area contributed by atoms with Crippen LogP contribution in [0.5, 0.6) is 0 Å². The zero-order valence-electron chi connectivity index (χ0n) is 13.7. The van der Waals surface area contributed by atoms with Gasteiger partial charge in [0.25, 0.3) is 5.56 Å². The first kappa shape index (κ1) is 18.2. The molecule has 5 nitrogen and oxygen atoms in total. The van der Waals surface area contributed by atoms with Crippen molar-refractivity contribution in [3.63, 3.8) is 0 Å². The van der Waals surface area contributed by atoms with Crippen molar-refractivity contribution in [2.75, 3.05) is 0 Å². The molecule has 3 aromatic rings. The van der Waals surface area contributed by atoms with E-state index in [0.29, 0.717) is 26.5 Å². The van der Waals surface area contributed by atoms with Gasteiger partial charge in [-0.05, 0) is 42.8 Å². The second-order valence-corrected chi connectivity index (χ2v) is 6.39. The molecule has 0 saturated carbocycles. The molecule has 0 fully saturated rings. The average molecular weight is 389 g/mol. The van der Waals surface area contributed by atoms with Crippen LogP contribution in [0.2, 0.25) is 10.0 Å². The maximum Gasteiger partial charge on any atom is 0.331 e. The van der Waals surface area contributed by atoms with Gasteiger partial charge in [0.15, 0.2) is 11.9 Å². The largest absolute Gasteiger partial charge is 0.451 e. The lowest BCUT2D eigenvalue weighted by Crippen LogP contribution is -2.16. The summed E-state index contributed by atoms with van der Waals surface area (Å²) in [4.78, 5) is 31.1. The van der Waals surface area contributed by atoms with Crippen molar-refractivity contribution in [3.8, 4) is 0 Å². The van der Waals surface area contributed by atoms with Crippen LogP contribution in [0.25, 0.3) is 17.0 Å². The molecule has 0 saturated heterocycles. The molecule has 1 aromatic heterocycles. The van der Waals surface area contributed by atoms with Gasteiger partial charge >= 0.3 is 5.97 Å². The molecule has 0 aliphatic carbocycles. The Kier molecular flexibility index (Phi) is 5.40. The second kappa shape index (κ2) is 7.72. The third-order valence-corrected chi connectivity index (χ3v) is 4.23. The molecule has 1 heterocycles. The molecule has 132 valence electrons. The second-order valence-electron chi connectivity index (χ2n) is 5.55. The van der Waals surface area contributed by atoms with E-state index in [9.17, 15) is 9.59 Å². The van der Waals surface area contributed by atoms with Crippen molar-refractivity contribution in [2.24, 2.45) is 0 Å². The molecule has 0 bridgehead atoms. The Morgan fingerprint density at radius 3 is 2.77 bits per heavy atom. The third kappa shape index (κ3) is 4.12. The molecule has 2 aromatic carbocycles. The normalized spacial score (nSPS) is 12.4. The minimum absolute atomic E-state index is 0.278. The Labute approximate surface area is 159 Å². The van der Waals surface area contributed by atoms with Crippen molar-refractivity contribution in [1.82, 2.24) is 9.97 Å². The molecule has 0 radical (unpaired) electrons. The number of para-hydroxylation sites is 1. The van der Waals surface area contributed by atoms with E-state index < -0.39 is 12.1 Å². The Balaban J connectivity index is 1.75. The summed E-state index contributed by atoms with van der Waals surface area (Å²) in [5.41, 5.74) is 0.896. The number of carbonyl (C=O) groups is 1. The number of halogens is 2. The first-order valence-electron chi connectivity index (χ1n) is 7.77. The molecule has 1 N–H and O–H groups in total. The summed E-state index contributed by atoms with van der Waals surface area (Å²) >= 11 is 11.9. The summed E-state index contributed by atoms with van der Waals surface area (Å²) in [6.07, 6.45) is 2.07. The van der Waals surface area contributed by atoms with Crippen LogP contribution in [-0.4, -0.2) is 15.9 Å².